The molecule has 2 aromatic rings. The van der Waals surface area contributed by atoms with E-state index in [1.807, 2.05) is 6.07 Å². The molecule has 5 nitrogen and oxygen atoms in total. The first-order valence-corrected chi connectivity index (χ1v) is 9.17. The summed E-state index contributed by atoms with van der Waals surface area (Å²) in [6.45, 7) is 1.13. The number of carbonyl (C=O) groups excluding carboxylic acids is 1. The molecule has 1 aliphatic heterocycles. The Hall–Kier alpha value is -2.21. The molecule has 138 valence electrons. The number of methoxy groups -OCH3 is 1. The summed E-state index contributed by atoms with van der Waals surface area (Å²) >= 11 is 0. The second-order valence-corrected chi connectivity index (χ2v) is 7.26. The second kappa shape index (κ2) is 7.19. The van der Waals surface area contributed by atoms with Crippen LogP contribution < -0.4 is 0 Å². The molecule has 1 saturated heterocycles. The Morgan fingerprint density at radius 2 is 2.15 bits per heavy atom. The van der Waals surface area contributed by atoms with Gasteiger partial charge in [-0.3, -0.25) is 4.79 Å². The summed E-state index contributed by atoms with van der Waals surface area (Å²) in [7, 11) is 1.68. The number of piperidine rings is 1. The number of likely N-dealkylation sites (tertiary alicyclic amines) is 1. The van der Waals surface area contributed by atoms with E-state index < -0.39 is 0 Å². The molecular weight excluding hydrogens is 335 g/mol. The molecule has 4 rings (SSSR count). The summed E-state index contributed by atoms with van der Waals surface area (Å²) in [5, 5.41) is 3.96. The molecule has 2 atom stereocenters. The fourth-order valence-electron chi connectivity index (χ4n) is 3.76. The zero-order valence-electron chi connectivity index (χ0n) is 14.9. The monoisotopic (exact) mass is 358 g/mol. The Balaban J connectivity index is 1.47. The summed E-state index contributed by atoms with van der Waals surface area (Å²) in [4.78, 5) is 14.6. The molecule has 1 saturated carbocycles. The lowest BCUT2D eigenvalue weighted by molar-refractivity contribution is -0.00349. The lowest BCUT2D eigenvalue weighted by Gasteiger charge is -2.37. The van der Waals surface area contributed by atoms with Crippen molar-refractivity contribution in [1.29, 1.82) is 0 Å². The molecule has 0 radical (unpaired) electrons. The van der Waals surface area contributed by atoms with Gasteiger partial charge in [0, 0.05) is 38.1 Å². The number of halogens is 1. The molecule has 1 aliphatic carbocycles. The molecule has 2 heterocycles. The number of nitrogens with zero attached hydrogens (tertiary/aromatic N) is 2. The van der Waals surface area contributed by atoms with E-state index in [1.165, 1.54) is 6.07 Å². The Labute approximate surface area is 152 Å². The zero-order chi connectivity index (χ0) is 18.1. The smallest absolute Gasteiger partial charge is 0.276 e. The van der Waals surface area contributed by atoms with Crippen LogP contribution in [-0.2, 0) is 11.2 Å². The van der Waals surface area contributed by atoms with Gasteiger partial charge in [0.2, 0.25) is 0 Å². The van der Waals surface area contributed by atoms with Gasteiger partial charge in [-0.1, -0.05) is 23.4 Å². The molecule has 1 aromatic carbocycles. The van der Waals surface area contributed by atoms with Gasteiger partial charge >= 0.3 is 0 Å². The predicted octanol–water partition coefficient (Wildman–Crippen LogP) is 3.41. The van der Waals surface area contributed by atoms with Crippen LogP contribution in [0, 0.1) is 11.7 Å². The largest absolute Gasteiger partial charge is 0.381 e. The average molecular weight is 358 g/mol. The Morgan fingerprint density at radius 3 is 2.88 bits per heavy atom. The number of carbonyl (C=O) groups is 1. The van der Waals surface area contributed by atoms with Gasteiger partial charge < -0.3 is 14.2 Å². The SMILES string of the molecule is CO[C@H]1CCN(C(=O)c2cc(C3CC3)on2)C[C@H]1Cc1ccccc1F. The van der Waals surface area contributed by atoms with Crippen molar-refractivity contribution in [1.82, 2.24) is 10.1 Å². The van der Waals surface area contributed by atoms with E-state index in [4.69, 9.17) is 9.26 Å². The van der Waals surface area contributed by atoms with Gasteiger partial charge in [0.1, 0.15) is 11.6 Å². The van der Waals surface area contributed by atoms with E-state index in [-0.39, 0.29) is 23.7 Å². The normalized spacial score (nSPS) is 23.2. The minimum absolute atomic E-state index is 0.0120. The third-order valence-electron chi connectivity index (χ3n) is 5.42. The predicted molar refractivity (Wildman–Crippen MR) is 93.4 cm³/mol. The van der Waals surface area contributed by atoms with Gasteiger partial charge in [0.15, 0.2) is 5.69 Å². The molecule has 2 aliphatic rings. The van der Waals surface area contributed by atoms with E-state index in [0.717, 1.165) is 25.0 Å². The van der Waals surface area contributed by atoms with Gasteiger partial charge in [0.05, 0.1) is 6.10 Å². The third-order valence-corrected chi connectivity index (χ3v) is 5.42. The lowest BCUT2D eigenvalue weighted by atomic mass is 9.88. The number of aromatic nitrogens is 1. The van der Waals surface area contributed by atoms with Crippen molar-refractivity contribution in [2.75, 3.05) is 20.2 Å². The quantitative estimate of drug-likeness (QED) is 0.822. The third kappa shape index (κ3) is 3.51. The molecule has 2 fully saturated rings. The van der Waals surface area contributed by atoms with E-state index in [1.54, 1.807) is 30.2 Å². The first kappa shape index (κ1) is 17.2. The maximum Gasteiger partial charge on any atom is 0.276 e. The van der Waals surface area contributed by atoms with Gasteiger partial charge in [-0.2, -0.15) is 0 Å². The van der Waals surface area contributed by atoms with Crippen LogP contribution in [0.2, 0.25) is 0 Å². The fraction of sp³-hybridized carbons (Fsp3) is 0.500. The maximum absolute atomic E-state index is 14.0. The second-order valence-electron chi connectivity index (χ2n) is 7.26. The van der Waals surface area contributed by atoms with Crippen LogP contribution in [-0.4, -0.2) is 42.3 Å². The van der Waals surface area contributed by atoms with Gasteiger partial charge in [-0.05, 0) is 37.3 Å². The van der Waals surface area contributed by atoms with E-state index in [2.05, 4.69) is 5.16 Å². The maximum atomic E-state index is 14.0. The summed E-state index contributed by atoms with van der Waals surface area (Å²) in [6.07, 6.45) is 3.49. The van der Waals surface area contributed by atoms with Crippen molar-refractivity contribution in [2.45, 2.75) is 37.7 Å². The van der Waals surface area contributed by atoms with Crippen LogP contribution >= 0.6 is 0 Å². The summed E-state index contributed by atoms with van der Waals surface area (Å²) < 4.78 is 24.9. The highest BCUT2D eigenvalue weighted by atomic mass is 19.1. The highest BCUT2D eigenvalue weighted by Crippen LogP contribution is 2.40. The molecule has 0 spiro atoms. The highest BCUT2D eigenvalue weighted by molar-refractivity contribution is 5.92. The van der Waals surface area contributed by atoms with E-state index in [9.17, 15) is 9.18 Å². The Kier molecular flexibility index (Phi) is 4.76. The first-order chi connectivity index (χ1) is 12.7. The number of benzene rings is 1. The molecule has 1 amide bonds. The minimum atomic E-state index is -0.212. The van der Waals surface area contributed by atoms with Crippen molar-refractivity contribution in [3.63, 3.8) is 0 Å². The number of rotatable bonds is 5. The van der Waals surface area contributed by atoms with Crippen LogP contribution in [0.25, 0.3) is 0 Å². The van der Waals surface area contributed by atoms with Crippen LogP contribution in [0.4, 0.5) is 4.39 Å². The summed E-state index contributed by atoms with van der Waals surface area (Å²) in [5.74, 6) is 0.953. The highest BCUT2D eigenvalue weighted by Gasteiger charge is 2.34. The molecule has 26 heavy (non-hydrogen) atoms. The van der Waals surface area contributed by atoms with Crippen molar-refractivity contribution in [3.8, 4) is 0 Å². The van der Waals surface area contributed by atoms with Crippen molar-refractivity contribution < 1.29 is 18.4 Å². The van der Waals surface area contributed by atoms with E-state index >= 15 is 0 Å². The van der Waals surface area contributed by atoms with Crippen LogP contribution in [0.3, 0.4) is 0 Å². The van der Waals surface area contributed by atoms with Crippen LogP contribution in [0.5, 0.6) is 0 Å². The van der Waals surface area contributed by atoms with Crippen LogP contribution in [0.1, 0.15) is 47.0 Å². The van der Waals surface area contributed by atoms with E-state index in [0.29, 0.717) is 36.7 Å². The Morgan fingerprint density at radius 1 is 1.35 bits per heavy atom. The summed E-state index contributed by atoms with van der Waals surface area (Å²) in [5.41, 5.74) is 1.03. The zero-order valence-corrected chi connectivity index (χ0v) is 14.9. The standard InChI is InChI=1S/C20H23FN2O3/c1-25-18-8-9-23(12-15(18)10-14-4-2-3-5-16(14)21)20(24)17-11-19(26-22-17)13-6-7-13/h2-5,11,13,15,18H,6-10,12H2,1H3/t15-,18+/m1/s1. The number of hydrogen-bond acceptors (Lipinski definition) is 4. The molecule has 0 unspecified atom stereocenters. The summed E-state index contributed by atoms with van der Waals surface area (Å²) in [6, 6.07) is 8.56. The number of amides is 1. The molecule has 6 heteroatoms. The van der Waals surface area contributed by atoms with Crippen LogP contribution in [0.15, 0.2) is 34.9 Å². The molecule has 1 aromatic heterocycles. The van der Waals surface area contributed by atoms with Crippen molar-refractivity contribution >= 4 is 5.91 Å². The Bertz CT molecular complexity index is 787. The molecule has 0 bridgehead atoms. The first-order valence-electron chi connectivity index (χ1n) is 9.17. The van der Waals surface area contributed by atoms with Gasteiger partial charge in [-0.25, -0.2) is 4.39 Å². The average Bonchev–Trinajstić information content (AvgIpc) is 3.40. The molecule has 0 N–H and O–H groups in total. The lowest BCUT2D eigenvalue weighted by Crippen LogP contribution is -2.47. The van der Waals surface area contributed by atoms with Gasteiger partial charge in [0.25, 0.3) is 5.91 Å². The topological polar surface area (TPSA) is 55.6 Å². The van der Waals surface area contributed by atoms with Crippen molar-refractivity contribution in [2.24, 2.45) is 5.92 Å². The minimum Gasteiger partial charge on any atom is -0.381 e. The number of ether oxygens (including phenoxy) is 1. The number of hydrogen-bond donors (Lipinski definition) is 0. The fourth-order valence-corrected chi connectivity index (χ4v) is 3.76. The molecular formula is C20H23FN2O3. The van der Waals surface area contributed by atoms with Crippen molar-refractivity contribution in [3.05, 3.63) is 53.2 Å². The van der Waals surface area contributed by atoms with Gasteiger partial charge in [-0.15, -0.1) is 0 Å².